The van der Waals surface area contributed by atoms with Gasteiger partial charge in [0.05, 0.1) is 0 Å². The molecule has 21 heavy (non-hydrogen) atoms. The highest BCUT2D eigenvalue weighted by Gasteiger charge is 2.15. The molecular weight excluding hydrogens is 261 g/mol. The third kappa shape index (κ3) is 3.92. The van der Waals surface area contributed by atoms with Crippen LogP contribution in [0.15, 0.2) is 36.4 Å². The molecular formula is C19H24FN. The van der Waals surface area contributed by atoms with Crippen LogP contribution in [0, 0.1) is 26.6 Å². The van der Waals surface area contributed by atoms with Gasteiger partial charge in [-0.2, -0.15) is 0 Å². The van der Waals surface area contributed by atoms with E-state index < -0.39 is 0 Å². The summed E-state index contributed by atoms with van der Waals surface area (Å²) in [4.78, 5) is 0. The predicted octanol–water partition coefficient (Wildman–Crippen LogP) is 4.64. The van der Waals surface area contributed by atoms with Crippen molar-refractivity contribution in [3.63, 3.8) is 0 Å². The largest absolute Gasteiger partial charge is 0.310 e. The van der Waals surface area contributed by atoms with Crippen molar-refractivity contribution in [2.24, 2.45) is 0 Å². The van der Waals surface area contributed by atoms with E-state index in [0.717, 1.165) is 18.5 Å². The molecule has 0 aliphatic carbocycles. The van der Waals surface area contributed by atoms with E-state index in [1.807, 2.05) is 6.07 Å². The molecule has 0 spiro atoms. The Morgan fingerprint density at radius 2 is 1.71 bits per heavy atom. The lowest BCUT2D eigenvalue weighted by molar-refractivity contribution is 0.544. The fourth-order valence-electron chi connectivity index (χ4n) is 2.80. The Morgan fingerprint density at radius 1 is 1.00 bits per heavy atom. The molecule has 1 atom stereocenters. The zero-order valence-electron chi connectivity index (χ0n) is 13.3. The average Bonchev–Trinajstić information content (AvgIpc) is 2.42. The van der Waals surface area contributed by atoms with Gasteiger partial charge < -0.3 is 5.32 Å². The van der Waals surface area contributed by atoms with Crippen molar-refractivity contribution < 1.29 is 4.39 Å². The summed E-state index contributed by atoms with van der Waals surface area (Å²) >= 11 is 0. The fourth-order valence-corrected chi connectivity index (χ4v) is 2.80. The zero-order chi connectivity index (χ0) is 15.4. The molecule has 0 aliphatic rings. The van der Waals surface area contributed by atoms with Crippen molar-refractivity contribution in [1.82, 2.24) is 5.32 Å². The molecule has 0 bridgehead atoms. The maximum absolute atomic E-state index is 13.4. The Morgan fingerprint density at radius 3 is 2.38 bits per heavy atom. The first-order chi connectivity index (χ1) is 10.0. The molecule has 1 nitrogen and oxygen atoms in total. The van der Waals surface area contributed by atoms with Crippen LogP contribution in [0.25, 0.3) is 0 Å². The molecule has 0 saturated heterocycles. The van der Waals surface area contributed by atoms with Crippen LogP contribution in [0.1, 0.15) is 40.8 Å². The zero-order valence-corrected chi connectivity index (χ0v) is 13.3. The molecule has 0 heterocycles. The van der Waals surface area contributed by atoms with Gasteiger partial charge in [0.25, 0.3) is 0 Å². The summed E-state index contributed by atoms with van der Waals surface area (Å²) in [6, 6.07) is 11.6. The molecule has 0 aliphatic heterocycles. The number of aryl methyl sites for hydroxylation is 3. The highest BCUT2D eigenvalue weighted by atomic mass is 19.1. The van der Waals surface area contributed by atoms with Crippen LogP contribution in [0.3, 0.4) is 0 Å². The second-order valence-corrected chi connectivity index (χ2v) is 5.74. The lowest BCUT2D eigenvalue weighted by Gasteiger charge is -2.22. The molecule has 112 valence electrons. The molecule has 2 rings (SSSR count). The van der Waals surface area contributed by atoms with Crippen molar-refractivity contribution in [3.8, 4) is 0 Å². The molecule has 0 fully saturated rings. The second kappa shape index (κ2) is 6.86. The Balaban J connectivity index is 2.33. The average molecular weight is 285 g/mol. The van der Waals surface area contributed by atoms with Gasteiger partial charge in [-0.1, -0.05) is 31.2 Å². The van der Waals surface area contributed by atoms with Crippen LogP contribution in [0.4, 0.5) is 4.39 Å². The van der Waals surface area contributed by atoms with Crippen molar-refractivity contribution >= 4 is 0 Å². The first-order valence-corrected chi connectivity index (χ1v) is 7.56. The highest BCUT2D eigenvalue weighted by molar-refractivity contribution is 5.39. The van der Waals surface area contributed by atoms with Crippen molar-refractivity contribution in [1.29, 1.82) is 0 Å². The van der Waals surface area contributed by atoms with Gasteiger partial charge in [0.2, 0.25) is 0 Å². The first-order valence-electron chi connectivity index (χ1n) is 7.56. The van der Waals surface area contributed by atoms with E-state index >= 15 is 0 Å². The number of hydrogen-bond donors (Lipinski definition) is 1. The quantitative estimate of drug-likeness (QED) is 0.843. The van der Waals surface area contributed by atoms with E-state index in [-0.39, 0.29) is 11.9 Å². The Kier molecular flexibility index (Phi) is 5.13. The van der Waals surface area contributed by atoms with E-state index in [9.17, 15) is 4.39 Å². The predicted molar refractivity (Wildman–Crippen MR) is 87.2 cm³/mol. The lowest BCUT2D eigenvalue weighted by Crippen LogP contribution is -2.24. The van der Waals surface area contributed by atoms with Crippen LogP contribution in [-0.4, -0.2) is 6.54 Å². The summed E-state index contributed by atoms with van der Waals surface area (Å²) in [5.74, 6) is -0.167. The molecule has 0 amide bonds. The topological polar surface area (TPSA) is 12.0 Å². The van der Waals surface area contributed by atoms with Gasteiger partial charge in [-0.25, -0.2) is 4.39 Å². The summed E-state index contributed by atoms with van der Waals surface area (Å²) < 4.78 is 13.4. The Hall–Kier alpha value is -1.67. The monoisotopic (exact) mass is 285 g/mol. The maximum atomic E-state index is 13.4. The number of benzene rings is 2. The minimum absolute atomic E-state index is 0.167. The van der Waals surface area contributed by atoms with Crippen molar-refractivity contribution in [2.75, 3.05) is 6.54 Å². The van der Waals surface area contributed by atoms with Crippen LogP contribution in [0.2, 0.25) is 0 Å². The van der Waals surface area contributed by atoms with Crippen LogP contribution in [-0.2, 0) is 6.42 Å². The molecule has 2 aromatic carbocycles. The van der Waals surface area contributed by atoms with E-state index in [0.29, 0.717) is 0 Å². The van der Waals surface area contributed by atoms with Crippen molar-refractivity contribution in [3.05, 3.63) is 70.0 Å². The molecule has 0 aromatic heterocycles. The summed E-state index contributed by atoms with van der Waals surface area (Å²) in [5.41, 5.74) is 6.25. The van der Waals surface area contributed by atoms with Gasteiger partial charge in [-0.3, -0.25) is 0 Å². The fraction of sp³-hybridized carbons (Fsp3) is 0.368. The van der Waals surface area contributed by atoms with Crippen molar-refractivity contribution in [2.45, 2.75) is 40.2 Å². The van der Waals surface area contributed by atoms with E-state index in [4.69, 9.17) is 0 Å². The normalized spacial score (nSPS) is 12.4. The number of likely N-dealkylation sites (N-methyl/N-ethyl adjacent to an activating group) is 1. The SMILES string of the molecule is CCNC(Cc1cccc(F)c1)c1cc(C)c(C)cc1C. The number of hydrogen-bond acceptors (Lipinski definition) is 1. The van der Waals surface area contributed by atoms with E-state index in [1.54, 1.807) is 12.1 Å². The Labute approximate surface area is 127 Å². The second-order valence-electron chi connectivity index (χ2n) is 5.74. The number of halogens is 1. The lowest BCUT2D eigenvalue weighted by atomic mass is 9.92. The molecule has 2 heteroatoms. The van der Waals surface area contributed by atoms with Gasteiger partial charge in [-0.05, 0) is 73.7 Å². The van der Waals surface area contributed by atoms with Gasteiger partial charge in [0.15, 0.2) is 0 Å². The van der Waals surface area contributed by atoms with Crippen LogP contribution < -0.4 is 5.32 Å². The maximum Gasteiger partial charge on any atom is 0.123 e. The number of rotatable bonds is 5. The molecule has 1 N–H and O–H groups in total. The summed E-state index contributed by atoms with van der Waals surface area (Å²) in [7, 11) is 0. The van der Waals surface area contributed by atoms with Gasteiger partial charge in [0.1, 0.15) is 5.82 Å². The third-order valence-electron chi connectivity index (χ3n) is 4.04. The summed E-state index contributed by atoms with van der Waals surface area (Å²) in [6.45, 7) is 9.43. The van der Waals surface area contributed by atoms with Crippen LogP contribution >= 0.6 is 0 Å². The summed E-state index contributed by atoms with van der Waals surface area (Å²) in [6.07, 6.45) is 0.801. The highest BCUT2D eigenvalue weighted by Crippen LogP contribution is 2.25. The Bertz CT molecular complexity index is 619. The number of nitrogens with one attached hydrogen (secondary N) is 1. The molecule has 1 unspecified atom stereocenters. The molecule has 0 saturated carbocycles. The minimum atomic E-state index is -0.167. The molecule has 0 radical (unpaired) electrons. The van der Waals surface area contributed by atoms with Gasteiger partial charge >= 0.3 is 0 Å². The smallest absolute Gasteiger partial charge is 0.123 e. The minimum Gasteiger partial charge on any atom is -0.310 e. The third-order valence-corrected chi connectivity index (χ3v) is 4.04. The van der Waals surface area contributed by atoms with E-state index in [2.05, 4.69) is 45.1 Å². The standard InChI is InChI=1S/C19H24FN/c1-5-21-19(12-16-7-6-8-17(20)11-16)18-10-14(3)13(2)9-15(18)4/h6-11,19,21H,5,12H2,1-4H3. The van der Waals surface area contributed by atoms with E-state index in [1.165, 1.54) is 28.3 Å². The summed E-state index contributed by atoms with van der Waals surface area (Å²) in [5, 5.41) is 3.53. The first kappa shape index (κ1) is 15.7. The molecule has 2 aromatic rings. The van der Waals surface area contributed by atoms with Gasteiger partial charge in [0, 0.05) is 6.04 Å². The van der Waals surface area contributed by atoms with Gasteiger partial charge in [-0.15, -0.1) is 0 Å². The van der Waals surface area contributed by atoms with Crippen LogP contribution in [0.5, 0.6) is 0 Å².